The van der Waals surface area contributed by atoms with Crippen molar-refractivity contribution in [3.8, 4) is 5.75 Å². The number of carbonyl (C=O) groups excluding carboxylic acids is 1. The Kier molecular flexibility index (Phi) is 5.60. The monoisotopic (exact) mass is 363 g/mol. The second kappa shape index (κ2) is 8.08. The van der Waals surface area contributed by atoms with Gasteiger partial charge in [-0.15, -0.1) is 0 Å². The predicted molar refractivity (Wildman–Crippen MR) is 108 cm³/mol. The second-order valence-corrected chi connectivity index (χ2v) is 6.80. The lowest BCUT2D eigenvalue weighted by molar-refractivity contribution is -0.117. The zero-order chi connectivity index (χ0) is 19.4. The molecule has 0 saturated carbocycles. The first-order valence-corrected chi connectivity index (χ1v) is 9.03. The highest BCUT2D eigenvalue weighted by Gasteiger charge is 2.12. The van der Waals surface area contributed by atoms with Gasteiger partial charge in [0.25, 0.3) is 0 Å². The Morgan fingerprint density at radius 3 is 2.59 bits per heavy atom. The van der Waals surface area contributed by atoms with Crippen LogP contribution in [0.1, 0.15) is 23.9 Å². The van der Waals surface area contributed by atoms with Crippen LogP contribution in [-0.4, -0.2) is 22.1 Å². The second-order valence-electron chi connectivity index (χ2n) is 6.80. The number of fused-ring (bicyclic) bond motifs is 1. The van der Waals surface area contributed by atoms with Crippen LogP contribution in [0.25, 0.3) is 11.0 Å². The molecule has 3 rings (SSSR count). The molecule has 0 radical (unpaired) electrons. The van der Waals surface area contributed by atoms with Crippen LogP contribution in [0.2, 0.25) is 0 Å². The van der Waals surface area contributed by atoms with Gasteiger partial charge in [-0.3, -0.25) is 4.79 Å². The fourth-order valence-corrected chi connectivity index (χ4v) is 3.09. The van der Waals surface area contributed by atoms with E-state index in [0.717, 1.165) is 22.6 Å². The Hall–Kier alpha value is -3.08. The number of benzene rings is 2. The van der Waals surface area contributed by atoms with Crippen molar-refractivity contribution in [3.05, 3.63) is 71.6 Å². The molecule has 0 unspecified atom stereocenters. The van der Waals surface area contributed by atoms with Crippen LogP contribution >= 0.6 is 0 Å². The molecule has 0 aliphatic carbocycles. The summed E-state index contributed by atoms with van der Waals surface area (Å²) in [5.74, 6) is 1.50. The third kappa shape index (κ3) is 4.56. The Labute approximate surface area is 159 Å². The first-order chi connectivity index (χ1) is 12.9. The van der Waals surface area contributed by atoms with E-state index in [4.69, 9.17) is 4.74 Å². The largest absolute Gasteiger partial charge is 0.492 e. The number of aryl methyl sites for hydroxylation is 2. The molecule has 1 aromatic heterocycles. The zero-order valence-electron chi connectivity index (χ0n) is 16.1. The Balaban J connectivity index is 1.76. The summed E-state index contributed by atoms with van der Waals surface area (Å²) >= 11 is 0. The van der Waals surface area contributed by atoms with Gasteiger partial charge >= 0.3 is 0 Å². The molecule has 0 saturated heterocycles. The molecule has 1 N–H and O–H groups in total. The van der Waals surface area contributed by atoms with Crippen molar-refractivity contribution >= 4 is 16.9 Å². The number of carbonyl (C=O) groups is 1. The molecule has 0 aliphatic rings. The Bertz CT molecular complexity index is 968. The van der Waals surface area contributed by atoms with Gasteiger partial charge in [-0.1, -0.05) is 24.8 Å². The van der Waals surface area contributed by atoms with Crippen LogP contribution in [0, 0.1) is 13.8 Å². The fourth-order valence-electron chi connectivity index (χ4n) is 3.09. The molecule has 2 aromatic carbocycles. The van der Waals surface area contributed by atoms with Crippen LogP contribution in [0.3, 0.4) is 0 Å². The zero-order valence-corrected chi connectivity index (χ0v) is 16.1. The molecule has 0 spiro atoms. The van der Waals surface area contributed by atoms with E-state index in [1.54, 1.807) is 6.92 Å². The maximum absolute atomic E-state index is 11.8. The average molecular weight is 363 g/mol. The molecule has 5 heteroatoms. The summed E-state index contributed by atoms with van der Waals surface area (Å²) in [4.78, 5) is 16.5. The number of para-hydroxylation sites is 2. The summed E-state index contributed by atoms with van der Waals surface area (Å²) in [5.41, 5.74) is 4.78. The summed E-state index contributed by atoms with van der Waals surface area (Å²) in [7, 11) is 0. The molecule has 140 valence electrons. The highest BCUT2D eigenvalue weighted by molar-refractivity contribution is 5.92. The Morgan fingerprint density at radius 1 is 1.19 bits per heavy atom. The van der Waals surface area contributed by atoms with E-state index in [2.05, 4.69) is 41.4 Å². The number of nitrogens with one attached hydrogen (secondary N) is 1. The van der Waals surface area contributed by atoms with Gasteiger partial charge in [0.15, 0.2) is 0 Å². The number of ether oxygens (including phenoxy) is 1. The quantitative estimate of drug-likeness (QED) is 0.647. The van der Waals surface area contributed by atoms with Crippen LogP contribution in [-0.2, 0) is 17.9 Å². The number of hydrogen-bond acceptors (Lipinski definition) is 3. The van der Waals surface area contributed by atoms with Crippen LogP contribution in [0.5, 0.6) is 5.75 Å². The normalized spacial score (nSPS) is 10.8. The molecule has 3 aromatic rings. The van der Waals surface area contributed by atoms with Gasteiger partial charge in [0, 0.05) is 5.57 Å². The van der Waals surface area contributed by atoms with E-state index in [1.807, 2.05) is 36.4 Å². The summed E-state index contributed by atoms with van der Waals surface area (Å²) < 4.78 is 8.05. The summed E-state index contributed by atoms with van der Waals surface area (Å²) in [6.45, 7) is 11.0. The van der Waals surface area contributed by atoms with Gasteiger partial charge in [-0.2, -0.15) is 0 Å². The number of nitrogens with zero attached hydrogens (tertiary/aromatic N) is 2. The molecule has 1 heterocycles. The van der Waals surface area contributed by atoms with Crippen molar-refractivity contribution in [2.24, 2.45) is 0 Å². The van der Waals surface area contributed by atoms with Crippen LogP contribution in [0.4, 0.5) is 0 Å². The minimum Gasteiger partial charge on any atom is -0.492 e. The number of aromatic nitrogens is 2. The molecular formula is C22H25N3O2. The van der Waals surface area contributed by atoms with Crippen molar-refractivity contribution in [1.82, 2.24) is 14.9 Å². The lowest BCUT2D eigenvalue weighted by atomic mass is 10.1. The number of rotatable bonds is 7. The van der Waals surface area contributed by atoms with Gasteiger partial charge in [-0.25, -0.2) is 4.98 Å². The van der Waals surface area contributed by atoms with E-state index >= 15 is 0 Å². The first kappa shape index (κ1) is 18.7. The number of imidazole rings is 1. The van der Waals surface area contributed by atoms with E-state index in [1.165, 1.54) is 11.1 Å². The van der Waals surface area contributed by atoms with Gasteiger partial charge < -0.3 is 14.6 Å². The molecule has 0 bridgehead atoms. The van der Waals surface area contributed by atoms with Crippen molar-refractivity contribution in [2.75, 3.05) is 6.61 Å². The maximum Gasteiger partial charge on any atom is 0.246 e. The van der Waals surface area contributed by atoms with Crippen LogP contribution < -0.4 is 10.1 Å². The summed E-state index contributed by atoms with van der Waals surface area (Å²) in [5, 5.41) is 2.86. The third-order valence-electron chi connectivity index (χ3n) is 4.31. The van der Waals surface area contributed by atoms with E-state index in [-0.39, 0.29) is 5.91 Å². The molecule has 0 aliphatic heterocycles. The fraction of sp³-hybridized carbons (Fsp3) is 0.273. The standard InChI is InChI=1S/C22H25N3O2/c1-15(2)22(26)23-14-21-24-19-7-5-6-8-20(19)25(21)9-10-27-18-12-16(3)11-17(4)13-18/h5-8,11-13H,1,9-10,14H2,2-4H3,(H,23,26). The van der Waals surface area contributed by atoms with Crippen molar-refractivity contribution in [3.63, 3.8) is 0 Å². The lowest BCUT2D eigenvalue weighted by Crippen LogP contribution is -2.25. The van der Waals surface area contributed by atoms with Gasteiger partial charge in [0.2, 0.25) is 5.91 Å². The summed E-state index contributed by atoms with van der Waals surface area (Å²) in [6, 6.07) is 14.1. The molecule has 0 atom stereocenters. The molecule has 0 fully saturated rings. The van der Waals surface area contributed by atoms with E-state index in [9.17, 15) is 4.79 Å². The highest BCUT2D eigenvalue weighted by Crippen LogP contribution is 2.18. The predicted octanol–water partition coefficient (Wildman–Crippen LogP) is 3.92. The number of hydrogen-bond donors (Lipinski definition) is 1. The van der Waals surface area contributed by atoms with E-state index in [0.29, 0.717) is 25.3 Å². The van der Waals surface area contributed by atoms with Crippen LogP contribution in [0.15, 0.2) is 54.6 Å². The van der Waals surface area contributed by atoms with Gasteiger partial charge in [-0.05, 0) is 56.2 Å². The first-order valence-electron chi connectivity index (χ1n) is 9.03. The smallest absolute Gasteiger partial charge is 0.246 e. The van der Waals surface area contributed by atoms with Gasteiger partial charge in [0.05, 0.1) is 24.1 Å². The highest BCUT2D eigenvalue weighted by atomic mass is 16.5. The SMILES string of the molecule is C=C(C)C(=O)NCc1nc2ccccc2n1CCOc1cc(C)cc(C)c1. The lowest BCUT2D eigenvalue weighted by Gasteiger charge is -2.12. The van der Waals surface area contributed by atoms with Crippen molar-refractivity contribution in [1.29, 1.82) is 0 Å². The van der Waals surface area contributed by atoms with Crippen molar-refractivity contribution < 1.29 is 9.53 Å². The molecule has 27 heavy (non-hydrogen) atoms. The molecular weight excluding hydrogens is 338 g/mol. The molecule has 5 nitrogen and oxygen atoms in total. The minimum absolute atomic E-state index is 0.167. The maximum atomic E-state index is 11.8. The summed E-state index contributed by atoms with van der Waals surface area (Å²) in [6.07, 6.45) is 0. The average Bonchev–Trinajstić information content (AvgIpc) is 2.96. The third-order valence-corrected chi connectivity index (χ3v) is 4.31. The number of amides is 1. The Morgan fingerprint density at radius 2 is 1.89 bits per heavy atom. The topological polar surface area (TPSA) is 56.2 Å². The van der Waals surface area contributed by atoms with E-state index < -0.39 is 0 Å². The van der Waals surface area contributed by atoms with Gasteiger partial charge in [0.1, 0.15) is 18.2 Å². The molecule has 1 amide bonds. The van der Waals surface area contributed by atoms with Crippen molar-refractivity contribution in [2.45, 2.75) is 33.9 Å². The minimum atomic E-state index is -0.167.